The van der Waals surface area contributed by atoms with Gasteiger partial charge in [-0.2, -0.15) is 0 Å². The normalized spacial score (nSPS) is 12.4. The Morgan fingerprint density at radius 2 is 2.11 bits per heavy atom. The van der Waals surface area contributed by atoms with Crippen molar-refractivity contribution >= 4 is 11.5 Å². The van der Waals surface area contributed by atoms with Gasteiger partial charge in [0.1, 0.15) is 5.78 Å². The summed E-state index contributed by atoms with van der Waals surface area (Å²) in [4.78, 5) is 21.8. The van der Waals surface area contributed by atoms with Crippen LogP contribution in [0.15, 0.2) is 24.3 Å². The van der Waals surface area contributed by atoms with Gasteiger partial charge in [0.2, 0.25) is 0 Å². The predicted molar refractivity (Wildman–Crippen MR) is 69.5 cm³/mol. The summed E-state index contributed by atoms with van der Waals surface area (Å²) in [6.07, 6.45) is 0.467. The van der Waals surface area contributed by atoms with Crippen molar-refractivity contribution in [1.29, 1.82) is 0 Å². The minimum atomic E-state index is -0.428. The molecule has 1 aromatic carbocycles. The summed E-state index contributed by atoms with van der Waals surface area (Å²) in [6.45, 7) is 5.45. The number of nitrogens with zero attached hydrogens (tertiary/aromatic N) is 1. The van der Waals surface area contributed by atoms with E-state index < -0.39 is 4.92 Å². The number of non-ortho nitro benzene ring substituents is 1. The summed E-state index contributed by atoms with van der Waals surface area (Å²) < 4.78 is 0. The Morgan fingerprint density at radius 3 is 2.61 bits per heavy atom. The van der Waals surface area contributed by atoms with Crippen LogP contribution in [0.2, 0.25) is 0 Å². The van der Waals surface area contributed by atoms with Crippen LogP contribution in [0.3, 0.4) is 0 Å². The highest BCUT2D eigenvalue weighted by Gasteiger charge is 2.16. The van der Waals surface area contributed by atoms with Crippen molar-refractivity contribution in [3.63, 3.8) is 0 Å². The SMILES string of the molecule is CC(=O)C(Cc1cccc([N+](=O)[O-])c1)NC(C)C. The highest BCUT2D eigenvalue weighted by atomic mass is 16.6. The van der Waals surface area contributed by atoms with E-state index in [9.17, 15) is 14.9 Å². The van der Waals surface area contributed by atoms with Crippen LogP contribution in [0.1, 0.15) is 26.3 Å². The van der Waals surface area contributed by atoms with E-state index in [-0.39, 0.29) is 23.6 Å². The molecule has 0 amide bonds. The Labute approximate surface area is 106 Å². The fourth-order valence-electron chi connectivity index (χ4n) is 1.76. The largest absolute Gasteiger partial charge is 0.305 e. The Balaban J connectivity index is 2.83. The van der Waals surface area contributed by atoms with Crippen LogP contribution < -0.4 is 5.32 Å². The summed E-state index contributed by atoms with van der Waals surface area (Å²) in [6, 6.07) is 6.29. The standard InChI is InChI=1S/C13H18N2O3/c1-9(2)14-13(10(3)16)8-11-5-4-6-12(7-11)15(17)18/h4-7,9,13-14H,8H2,1-3H3. The molecule has 0 aliphatic carbocycles. The van der Waals surface area contributed by atoms with Crippen LogP contribution >= 0.6 is 0 Å². The number of hydrogen-bond donors (Lipinski definition) is 1. The second kappa shape index (κ2) is 6.26. The molecule has 0 fully saturated rings. The molecule has 1 atom stereocenters. The van der Waals surface area contributed by atoms with E-state index in [4.69, 9.17) is 0 Å². The lowest BCUT2D eigenvalue weighted by Gasteiger charge is -2.18. The van der Waals surface area contributed by atoms with Crippen molar-refractivity contribution in [3.05, 3.63) is 39.9 Å². The lowest BCUT2D eigenvalue weighted by Crippen LogP contribution is -2.41. The van der Waals surface area contributed by atoms with Crippen LogP contribution in [0.4, 0.5) is 5.69 Å². The summed E-state index contributed by atoms with van der Waals surface area (Å²) >= 11 is 0. The van der Waals surface area contributed by atoms with Crippen LogP contribution in [-0.4, -0.2) is 22.8 Å². The van der Waals surface area contributed by atoms with Crippen LogP contribution in [0.25, 0.3) is 0 Å². The van der Waals surface area contributed by atoms with E-state index in [1.165, 1.54) is 19.1 Å². The number of nitrogens with one attached hydrogen (secondary N) is 1. The van der Waals surface area contributed by atoms with Gasteiger partial charge < -0.3 is 5.32 Å². The quantitative estimate of drug-likeness (QED) is 0.620. The first kappa shape index (κ1) is 14.3. The van der Waals surface area contributed by atoms with E-state index in [2.05, 4.69) is 5.32 Å². The number of nitro groups is 1. The van der Waals surface area contributed by atoms with Crippen molar-refractivity contribution in [2.24, 2.45) is 0 Å². The van der Waals surface area contributed by atoms with Gasteiger partial charge in [0.15, 0.2) is 0 Å². The van der Waals surface area contributed by atoms with Gasteiger partial charge in [0.05, 0.1) is 11.0 Å². The van der Waals surface area contributed by atoms with E-state index in [0.717, 1.165) is 5.56 Å². The lowest BCUT2D eigenvalue weighted by molar-refractivity contribution is -0.384. The molecule has 0 radical (unpaired) electrons. The summed E-state index contributed by atoms with van der Waals surface area (Å²) in [5, 5.41) is 13.8. The maximum atomic E-state index is 11.5. The first-order valence-electron chi connectivity index (χ1n) is 5.90. The lowest BCUT2D eigenvalue weighted by atomic mass is 10.0. The molecule has 1 aromatic rings. The molecule has 1 N–H and O–H groups in total. The van der Waals surface area contributed by atoms with Gasteiger partial charge in [-0.3, -0.25) is 14.9 Å². The molecule has 98 valence electrons. The van der Waals surface area contributed by atoms with Crippen molar-refractivity contribution < 1.29 is 9.72 Å². The molecule has 1 rings (SSSR count). The Kier molecular flexibility index (Phi) is 4.97. The number of carbonyl (C=O) groups excluding carboxylic acids is 1. The average molecular weight is 250 g/mol. The molecule has 5 heteroatoms. The van der Waals surface area contributed by atoms with Crippen molar-refractivity contribution in [2.45, 2.75) is 39.3 Å². The number of ketones is 1. The Morgan fingerprint density at radius 1 is 1.44 bits per heavy atom. The summed E-state index contributed by atoms with van der Waals surface area (Å²) in [5.41, 5.74) is 0.844. The minimum Gasteiger partial charge on any atom is -0.305 e. The second-order valence-corrected chi connectivity index (χ2v) is 4.62. The van der Waals surface area contributed by atoms with E-state index in [0.29, 0.717) is 6.42 Å². The summed E-state index contributed by atoms with van der Waals surface area (Å²) in [5.74, 6) is 0.0372. The Hall–Kier alpha value is -1.75. The minimum absolute atomic E-state index is 0.0372. The number of Topliss-reactive ketones (excluding diaryl/α,β-unsaturated/α-hetero) is 1. The zero-order valence-electron chi connectivity index (χ0n) is 10.8. The first-order chi connectivity index (χ1) is 8.40. The number of carbonyl (C=O) groups is 1. The van der Waals surface area contributed by atoms with Crippen LogP contribution in [-0.2, 0) is 11.2 Å². The molecule has 0 bridgehead atoms. The monoisotopic (exact) mass is 250 g/mol. The second-order valence-electron chi connectivity index (χ2n) is 4.62. The van der Waals surface area contributed by atoms with Gasteiger partial charge >= 0.3 is 0 Å². The molecule has 18 heavy (non-hydrogen) atoms. The molecule has 1 unspecified atom stereocenters. The zero-order valence-corrected chi connectivity index (χ0v) is 10.8. The molecule has 0 saturated heterocycles. The molecule has 5 nitrogen and oxygen atoms in total. The summed E-state index contributed by atoms with van der Waals surface area (Å²) in [7, 11) is 0. The molecular weight excluding hydrogens is 232 g/mol. The number of nitro benzene ring substituents is 1. The maximum absolute atomic E-state index is 11.5. The molecule has 0 heterocycles. The molecular formula is C13H18N2O3. The van der Waals surface area contributed by atoms with E-state index in [1.54, 1.807) is 12.1 Å². The average Bonchev–Trinajstić information content (AvgIpc) is 2.27. The van der Waals surface area contributed by atoms with E-state index >= 15 is 0 Å². The van der Waals surface area contributed by atoms with Gasteiger partial charge in [-0.25, -0.2) is 0 Å². The molecule has 0 aromatic heterocycles. The third-order valence-corrected chi connectivity index (χ3v) is 2.59. The third-order valence-electron chi connectivity index (χ3n) is 2.59. The zero-order chi connectivity index (χ0) is 13.7. The fraction of sp³-hybridized carbons (Fsp3) is 0.462. The van der Waals surface area contributed by atoms with Gasteiger partial charge in [0, 0.05) is 18.2 Å². The van der Waals surface area contributed by atoms with Crippen LogP contribution in [0, 0.1) is 10.1 Å². The van der Waals surface area contributed by atoms with E-state index in [1.807, 2.05) is 13.8 Å². The highest BCUT2D eigenvalue weighted by molar-refractivity contribution is 5.81. The smallest absolute Gasteiger partial charge is 0.269 e. The highest BCUT2D eigenvalue weighted by Crippen LogP contribution is 2.14. The molecule has 0 spiro atoms. The van der Waals surface area contributed by atoms with Gasteiger partial charge in [-0.1, -0.05) is 26.0 Å². The molecule has 0 aliphatic rings. The number of benzene rings is 1. The topological polar surface area (TPSA) is 72.2 Å². The van der Waals surface area contributed by atoms with Crippen molar-refractivity contribution in [2.75, 3.05) is 0 Å². The van der Waals surface area contributed by atoms with Crippen molar-refractivity contribution in [1.82, 2.24) is 5.32 Å². The number of hydrogen-bond acceptors (Lipinski definition) is 4. The number of rotatable bonds is 6. The fourth-order valence-corrected chi connectivity index (χ4v) is 1.76. The van der Waals surface area contributed by atoms with Gasteiger partial charge in [0.25, 0.3) is 5.69 Å². The molecule has 0 aliphatic heterocycles. The maximum Gasteiger partial charge on any atom is 0.269 e. The van der Waals surface area contributed by atoms with Crippen molar-refractivity contribution in [3.8, 4) is 0 Å². The van der Waals surface area contributed by atoms with Gasteiger partial charge in [-0.15, -0.1) is 0 Å². The predicted octanol–water partition coefficient (Wildman–Crippen LogP) is 2.09. The van der Waals surface area contributed by atoms with Crippen LogP contribution in [0.5, 0.6) is 0 Å². The first-order valence-corrected chi connectivity index (χ1v) is 5.90. The van der Waals surface area contributed by atoms with Gasteiger partial charge in [-0.05, 0) is 18.9 Å². The molecule has 0 saturated carbocycles. The Bertz CT molecular complexity index is 444. The third kappa shape index (κ3) is 4.25.